The maximum atomic E-state index is 14.5. The van der Waals surface area contributed by atoms with E-state index in [0.29, 0.717) is 28.4 Å². The van der Waals surface area contributed by atoms with Gasteiger partial charge in [0.15, 0.2) is 11.6 Å². The smallest absolute Gasteiger partial charge is 0.407 e. The summed E-state index contributed by atoms with van der Waals surface area (Å²) in [5, 5.41) is 11.5. The summed E-state index contributed by atoms with van der Waals surface area (Å²) in [7, 11) is 0. The van der Waals surface area contributed by atoms with Gasteiger partial charge in [0.25, 0.3) is 0 Å². The highest BCUT2D eigenvalue weighted by Gasteiger charge is 2.15. The number of benzene rings is 3. The predicted octanol–water partition coefficient (Wildman–Crippen LogP) is 6.12. The Bertz CT molecular complexity index is 1230. The Morgan fingerprint density at radius 3 is 2.32 bits per heavy atom. The number of aryl methyl sites for hydroxylation is 1. The first kappa shape index (κ1) is 28.3. The summed E-state index contributed by atoms with van der Waals surface area (Å²) in [4.78, 5) is 22.6. The lowest BCUT2D eigenvalue weighted by Gasteiger charge is -2.19. The van der Waals surface area contributed by atoms with E-state index in [1.807, 2.05) is 30.3 Å². The van der Waals surface area contributed by atoms with E-state index in [2.05, 4.69) is 5.32 Å². The van der Waals surface area contributed by atoms with Crippen molar-refractivity contribution >= 4 is 12.1 Å². The molecule has 1 amide bonds. The van der Waals surface area contributed by atoms with E-state index >= 15 is 0 Å². The fraction of sp³-hybridized carbons (Fsp3) is 0.310. The summed E-state index contributed by atoms with van der Waals surface area (Å²) in [6.45, 7) is 5.79. The number of carboxylic acids is 1. The largest absolute Gasteiger partial charge is 0.492 e. The van der Waals surface area contributed by atoms with Crippen molar-refractivity contribution in [2.75, 3.05) is 13.2 Å². The van der Waals surface area contributed by atoms with Crippen LogP contribution < -0.4 is 19.5 Å². The van der Waals surface area contributed by atoms with Crippen LogP contribution in [0.1, 0.15) is 38.3 Å². The summed E-state index contributed by atoms with van der Waals surface area (Å²) < 4.78 is 37.2. The van der Waals surface area contributed by atoms with Crippen LogP contribution in [0.2, 0.25) is 0 Å². The molecule has 0 aliphatic rings. The number of alkyl carbamates (subject to hydrolysis) is 1. The zero-order chi connectivity index (χ0) is 27.5. The Labute approximate surface area is 221 Å². The number of nitrogens with one attached hydrogen (secondary N) is 1. The highest BCUT2D eigenvalue weighted by atomic mass is 19.1. The van der Waals surface area contributed by atoms with Crippen molar-refractivity contribution in [2.24, 2.45) is 0 Å². The molecule has 0 unspecified atom stereocenters. The van der Waals surface area contributed by atoms with E-state index in [-0.39, 0.29) is 38.3 Å². The number of ether oxygens (including phenoxy) is 4. The number of carboxylic acid groups (broad SMARTS) is 1. The number of rotatable bonds is 12. The first-order valence-electron chi connectivity index (χ1n) is 12.2. The topological polar surface area (TPSA) is 103 Å². The lowest BCUT2D eigenvalue weighted by atomic mass is 10.1. The van der Waals surface area contributed by atoms with Gasteiger partial charge in [-0.05, 0) is 74.7 Å². The second kappa shape index (κ2) is 13.3. The Balaban J connectivity index is 1.66. The second-order valence-electron chi connectivity index (χ2n) is 9.45. The van der Waals surface area contributed by atoms with Gasteiger partial charge >= 0.3 is 12.1 Å². The van der Waals surface area contributed by atoms with Crippen LogP contribution in [0, 0.1) is 5.82 Å². The van der Waals surface area contributed by atoms with Crippen LogP contribution in [-0.2, 0) is 22.6 Å². The molecule has 3 rings (SSSR count). The molecule has 3 aromatic carbocycles. The van der Waals surface area contributed by atoms with E-state index in [9.17, 15) is 14.0 Å². The van der Waals surface area contributed by atoms with Crippen LogP contribution in [0.5, 0.6) is 23.0 Å². The molecule has 0 aromatic heterocycles. The number of carbonyl (C=O) groups is 2. The highest BCUT2D eigenvalue weighted by Crippen LogP contribution is 2.29. The zero-order valence-corrected chi connectivity index (χ0v) is 21.7. The molecule has 0 atom stereocenters. The van der Waals surface area contributed by atoms with Crippen molar-refractivity contribution < 1.29 is 38.0 Å². The number of para-hydroxylation sites is 1. The second-order valence-corrected chi connectivity index (χ2v) is 9.45. The molecule has 0 fully saturated rings. The fourth-order valence-corrected chi connectivity index (χ4v) is 3.35. The van der Waals surface area contributed by atoms with Crippen molar-refractivity contribution in [3.05, 3.63) is 83.7 Å². The fourth-order valence-electron chi connectivity index (χ4n) is 3.35. The molecule has 8 nitrogen and oxygen atoms in total. The number of amides is 1. The van der Waals surface area contributed by atoms with Gasteiger partial charge in [-0.15, -0.1) is 0 Å². The van der Waals surface area contributed by atoms with Gasteiger partial charge in [-0.25, -0.2) is 9.18 Å². The molecule has 0 aliphatic heterocycles. The summed E-state index contributed by atoms with van der Waals surface area (Å²) >= 11 is 0. The van der Waals surface area contributed by atoms with E-state index in [0.717, 1.165) is 0 Å². The molecule has 0 radical (unpaired) electrons. The van der Waals surface area contributed by atoms with Gasteiger partial charge in [-0.3, -0.25) is 4.79 Å². The Morgan fingerprint density at radius 1 is 0.895 bits per heavy atom. The maximum absolute atomic E-state index is 14.5. The van der Waals surface area contributed by atoms with Gasteiger partial charge in [0.2, 0.25) is 0 Å². The number of halogens is 1. The van der Waals surface area contributed by atoms with Gasteiger partial charge in [-0.1, -0.05) is 24.3 Å². The Hall–Kier alpha value is -4.27. The number of carbonyl (C=O) groups excluding carboxylic acids is 1. The average molecular weight is 526 g/mol. The van der Waals surface area contributed by atoms with Crippen LogP contribution in [0.4, 0.5) is 9.18 Å². The van der Waals surface area contributed by atoms with Gasteiger partial charge in [-0.2, -0.15) is 0 Å². The van der Waals surface area contributed by atoms with Crippen molar-refractivity contribution in [2.45, 2.75) is 45.8 Å². The molecule has 202 valence electrons. The van der Waals surface area contributed by atoms with Crippen molar-refractivity contribution in [3.8, 4) is 23.0 Å². The van der Waals surface area contributed by atoms with Crippen molar-refractivity contribution in [1.82, 2.24) is 5.32 Å². The zero-order valence-electron chi connectivity index (χ0n) is 21.7. The molecule has 0 spiro atoms. The van der Waals surface area contributed by atoms with Crippen LogP contribution in [0.25, 0.3) is 0 Å². The number of aliphatic carboxylic acids is 1. The summed E-state index contributed by atoms with van der Waals surface area (Å²) in [5.74, 6) is 0.134. The van der Waals surface area contributed by atoms with Gasteiger partial charge in [0, 0.05) is 12.5 Å². The molecule has 0 aliphatic carbocycles. The molecule has 2 N–H and O–H groups in total. The summed E-state index contributed by atoms with van der Waals surface area (Å²) in [6, 6.07) is 18.8. The minimum atomic E-state index is -0.943. The Morgan fingerprint density at radius 2 is 1.63 bits per heavy atom. The third-order valence-corrected chi connectivity index (χ3v) is 4.98. The van der Waals surface area contributed by atoms with Crippen LogP contribution in [-0.4, -0.2) is 35.9 Å². The normalized spacial score (nSPS) is 10.9. The molecule has 0 saturated carbocycles. The minimum absolute atomic E-state index is 0.0316. The van der Waals surface area contributed by atoms with Gasteiger partial charge in [0.1, 0.15) is 36.1 Å². The standard InChI is InChI=1S/C29H32FNO7/c1-29(2,3)38-28(34)31-13-14-35-23-15-21(16-24(18-23)37-22-7-5-4-6-8-22)19-36-26-11-9-20(17-25(26)30)10-12-27(32)33/h4-9,11,15-18H,10,12-14,19H2,1-3H3,(H,31,34)(H,32,33). The SMILES string of the molecule is CC(C)(C)OC(=O)NCCOc1cc(COc2ccc(CCC(=O)O)cc2F)cc(Oc2ccccc2)c1. The van der Waals surface area contributed by atoms with Crippen LogP contribution in [0.3, 0.4) is 0 Å². The number of hydrogen-bond donors (Lipinski definition) is 2. The molecular formula is C29H32FNO7. The van der Waals surface area contributed by atoms with Crippen LogP contribution >= 0.6 is 0 Å². The highest BCUT2D eigenvalue weighted by molar-refractivity contribution is 5.67. The van der Waals surface area contributed by atoms with Crippen molar-refractivity contribution in [1.29, 1.82) is 0 Å². The maximum Gasteiger partial charge on any atom is 0.407 e. The summed E-state index contributed by atoms with van der Waals surface area (Å²) in [6.07, 6.45) is -0.383. The predicted molar refractivity (Wildman–Crippen MR) is 139 cm³/mol. The molecule has 9 heteroatoms. The molecule has 0 heterocycles. The molecule has 0 bridgehead atoms. The van der Waals surface area contributed by atoms with Crippen molar-refractivity contribution in [3.63, 3.8) is 0 Å². The Kier molecular flexibility index (Phi) is 9.92. The van der Waals surface area contributed by atoms with E-state index in [4.69, 9.17) is 24.1 Å². The van der Waals surface area contributed by atoms with Crippen LogP contribution in [0.15, 0.2) is 66.7 Å². The lowest BCUT2D eigenvalue weighted by Crippen LogP contribution is -2.34. The molecule has 38 heavy (non-hydrogen) atoms. The van der Waals surface area contributed by atoms with Gasteiger partial charge < -0.3 is 29.4 Å². The first-order valence-corrected chi connectivity index (χ1v) is 12.2. The summed E-state index contributed by atoms with van der Waals surface area (Å²) in [5.41, 5.74) is 0.648. The van der Waals surface area contributed by atoms with E-state index in [1.165, 1.54) is 12.1 Å². The molecule has 3 aromatic rings. The third kappa shape index (κ3) is 10.0. The quantitative estimate of drug-likeness (QED) is 0.275. The van der Waals surface area contributed by atoms with E-state index < -0.39 is 23.5 Å². The van der Waals surface area contributed by atoms with Gasteiger partial charge in [0.05, 0.1) is 6.54 Å². The molecule has 0 saturated heterocycles. The number of hydrogen-bond acceptors (Lipinski definition) is 6. The lowest BCUT2D eigenvalue weighted by molar-refractivity contribution is -0.136. The molecular weight excluding hydrogens is 493 g/mol. The monoisotopic (exact) mass is 525 g/mol. The van der Waals surface area contributed by atoms with E-state index in [1.54, 1.807) is 45.0 Å². The first-order chi connectivity index (χ1) is 18.1. The third-order valence-electron chi connectivity index (χ3n) is 4.98. The average Bonchev–Trinajstić information content (AvgIpc) is 2.84. The minimum Gasteiger partial charge on any atom is -0.492 e.